The Bertz CT molecular complexity index is 687. The fourth-order valence-electron chi connectivity index (χ4n) is 2.84. The van der Waals surface area contributed by atoms with Crippen molar-refractivity contribution in [2.24, 2.45) is 0 Å². The van der Waals surface area contributed by atoms with E-state index in [0.717, 1.165) is 36.1 Å². The van der Waals surface area contributed by atoms with Gasteiger partial charge in [-0.2, -0.15) is 0 Å². The molecule has 2 aromatic rings. The lowest BCUT2D eigenvalue weighted by Gasteiger charge is -2.26. The average Bonchev–Trinajstić information content (AvgIpc) is 2.42. The highest BCUT2D eigenvalue weighted by atomic mass is 35.5. The maximum Gasteiger partial charge on any atom is 0.336 e. The quantitative estimate of drug-likeness (QED) is 0.790. The Balaban J connectivity index is 2.04. The molecule has 1 aromatic carbocycles. The van der Waals surface area contributed by atoms with Gasteiger partial charge < -0.3 is 4.42 Å². The molecule has 3 nitrogen and oxygen atoms in total. The number of nitrogens with zero attached hydrogens (tertiary/aromatic N) is 1. The van der Waals surface area contributed by atoms with Crippen molar-refractivity contribution in [2.75, 3.05) is 13.1 Å². The highest BCUT2D eigenvalue weighted by Gasteiger charge is 2.14. The molecule has 0 N–H and O–H groups in total. The number of rotatable bonds is 2. The number of likely N-dealkylation sites (tertiary alicyclic amines) is 1. The Kier molecular flexibility index (Phi) is 3.81. The van der Waals surface area contributed by atoms with Crippen LogP contribution in [0.1, 0.15) is 30.4 Å². The number of aryl methyl sites for hydroxylation is 1. The second kappa shape index (κ2) is 5.58. The fraction of sp³-hybridized carbons (Fsp3) is 0.438. The van der Waals surface area contributed by atoms with E-state index >= 15 is 0 Å². The zero-order valence-corrected chi connectivity index (χ0v) is 12.4. The van der Waals surface area contributed by atoms with Gasteiger partial charge in [-0.3, -0.25) is 4.90 Å². The van der Waals surface area contributed by atoms with Gasteiger partial charge >= 0.3 is 5.63 Å². The molecule has 1 saturated heterocycles. The van der Waals surface area contributed by atoms with Crippen molar-refractivity contribution in [1.29, 1.82) is 0 Å². The molecule has 20 heavy (non-hydrogen) atoms. The first-order valence-electron chi connectivity index (χ1n) is 7.09. The molecule has 0 bridgehead atoms. The molecular formula is C16H18ClNO2. The van der Waals surface area contributed by atoms with E-state index in [0.29, 0.717) is 10.6 Å². The van der Waals surface area contributed by atoms with E-state index in [2.05, 4.69) is 4.90 Å². The van der Waals surface area contributed by atoms with Gasteiger partial charge in [-0.1, -0.05) is 18.0 Å². The maximum absolute atomic E-state index is 11.7. The van der Waals surface area contributed by atoms with Crippen LogP contribution >= 0.6 is 11.6 Å². The second-order valence-corrected chi connectivity index (χ2v) is 5.93. The molecule has 1 aromatic heterocycles. The van der Waals surface area contributed by atoms with Gasteiger partial charge in [-0.25, -0.2) is 4.79 Å². The molecule has 1 aliphatic heterocycles. The normalized spacial score (nSPS) is 16.7. The monoisotopic (exact) mass is 291 g/mol. The standard InChI is InChI=1S/C16H18ClNO2/c1-11-7-15-13(9-14(11)17)12(8-16(19)20-15)10-18-5-3-2-4-6-18/h7-9H,2-6,10H2,1H3. The average molecular weight is 292 g/mol. The summed E-state index contributed by atoms with van der Waals surface area (Å²) in [6.07, 6.45) is 3.78. The van der Waals surface area contributed by atoms with Crippen molar-refractivity contribution in [1.82, 2.24) is 4.90 Å². The largest absolute Gasteiger partial charge is 0.423 e. The summed E-state index contributed by atoms with van der Waals surface area (Å²) in [6.45, 7) is 4.91. The molecule has 1 aliphatic rings. The Morgan fingerprint density at radius 3 is 2.70 bits per heavy atom. The van der Waals surface area contributed by atoms with Crippen molar-refractivity contribution >= 4 is 22.6 Å². The maximum atomic E-state index is 11.7. The van der Waals surface area contributed by atoms with Crippen LogP contribution in [-0.4, -0.2) is 18.0 Å². The van der Waals surface area contributed by atoms with Gasteiger partial charge in [0, 0.05) is 23.0 Å². The van der Waals surface area contributed by atoms with Gasteiger partial charge in [0.2, 0.25) is 0 Å². The third-order valence-electron chi connectivity index (χ3n) is 3.95. The van der Waals surface area contributed by atoms with Gasteiger partial charge in [-0.05, 0) is 56.1 Å². The van der Waals surface area contributed by atoms with Gasteiger partial charge in [0.25, 0.3) is 0 Å². The zero-order valence-electron chi connectivity index (χ0n) is 11.6. The summed E-state index contributed by atoms with van der Waals surface area (Å²) in [5, 5.41) is 1.66. The van der Waals surface area contributed by atoms with E-state index < -0.39 is 0 Å². The summed E-state index contributed by atoms with van der Waals surface area (Å²) < 4.78 is 5.29. The molecule has 2 heterocycles. The highest BCUT2D eigenvalue weighted by Crippen LogP contribution is 2.26. The Labute approximate surface area is 123 Å². The summed E-state index contributed by atoms with van der Waals surface area (Å²) in [4.78, 5) is 14.1. The van der Waals surface area contributed by atoms with Crippen LogP contribution in [0.5, 0.6) is 0 Å². The summed E-state index contributed by atoms with van der Waals surface area (Å²) in [5.41, 5.74) is 2.29. The smallest absolute Gasteiger partial charge is 0.336 e. The van der Waals surface area contributed by atoms with Crippen molar-refractivity contribution in [3.05, 3.63) is 44.8 Å². The minimum absolute atomic E-state index is 0.286. The topological polar surface area (TPSA) is 33.5 Å². The van der Waals surface area contributed by atoms with E-state index in [1.807, 2.05) is 19.1 Å². The highest BCUT2D eigenvalue weighted by molar-refractivity contribution is 6.32. The molecule has 4 heteroatoms. The van der Waals surface area contributed by atoms with Crippen molar-refractivity contribution in [2.45, 2.75) is 32.7 Å². The zero-order chi connectivity index (χ0) is 14.1. The summed E-state index contributed by atoms with van der Waals surface area (Å²) in [7, 11) is 0. The predicted molar refractivity (Wildman–Crippen MR) is 81.4 cm³/mol. The Hall–Kier alpha value is -1.32. The molecule has 1 fully saturated rings. The second-order valence-electron chi connectivity index (χ2n) is 5.53. The fourth-order valence-corrected chi connectivity index (χ4v) is 3.00. The third kappa shape index (κ3) is 2.74. The SMILES string of the molecule is Cc1cc2oc(=O)cc(CN3CCCCC3)c2cc1Cl. The lowest BCUT2D eigenvalue weighted by molar-refractivity contribution is 0.221. The van der Waals surface area contributed by atoms with E-state index in [1.54, 1.807) is 6.07 Å². The van der Waals surface area contributed by atoms with Crippen LogP contribution in [0, 0.1) is 6.92 Å². The molecule has 0 radical (unpaired) electrons. The van der Waals surface area contributed by atoms with Crippen molar-refractivity contribution in [3.63, 3.8) is 0 Å². The number of hydrogen-bond donors (Lipinski definition) is 0. The minimum atomic E-state index is -0.286. The molecular weight excluding hydrogens is 274 g/mol. The molecule has 106 valence electrons. The number of benzene rings is 1. The Morgan fingerprint density at radius 1 is 1.20 bits per heavy atom. The molecule has 0 saturated carbocycles. The van der Waals surface area contributed by atoms with E-state index in [4.69, 9.17) is 16.0 Å². The first-order chi connectivity index (χ1) is 9.63. The molecule has 0 atom stereocenters. The first kappa shape index (κ1) is 13.7. The number of piperidine rings is 1. The first-order valence-corrected chi connectivity index (χ1v) is 7.46. The molecule has 0 unspecified atom stereocenters. The number of fused-ring (bicyclic) bond motifs is 1. The molecule has 0 aliphatic carbocycles. The third-order valence-corrected chi connectivity index (χ3v) is 4.36. The van der Waals surface area contributed by atoms with Gasteiger partial charge in [0.15, 0.2) is 0 Å². The lowest BCUT2D eigenvalue weighted by Crippen LogP contribution is -2.29. The van der Waals surface area contributed by atoms with Crippen molar-refractivity contribution < 1.29 is 4.42 Å². The Morgan fingerprint density at radius 2 is 1.95 bits per heavy atom. The van der Waals surface area contributed by atoms with Crippen LogP contribution in [0.2, 0.25) is 5.02 Å². The van der Waals surface area contributed by atoms with Crippen LogP contribution in [0.25, 0.3) is 11.0 Å². The number of hydrogen-bond acceptors (Lipinski definition) is 3. The van der Waals surface area contributed by atoms with E-state index in [-0.39, 0.29) is 5.63 Å². The van der Waals surface area contributed by atoms with Crippen LogP contribution < -0.4 is 5.63 Å². The van der Waals surface area contributed by atoms with Crippen LogP contribution in [0.4, 0.5) is 0 Å². The van der Waals surface area contributed by atoms with Gasteiger partial charge in [0.1, 0.15) is 5.58 Å². The van der Waals surface area contributed by atoms with E-state index in [1.165, 1.54) is 19.3 Å². The number of halogens is 1. The van der Waals surface area contributed by atoms with Crippen LogP contribution in [0.3, 0.4) is 0 Å². The van der Waals surface area contributed by atoms with Crippen LogP contribution in [0.15, 0.2) is 27.4 Å². The predicted octanol–water partition coefficient (Wildman–Crippen LogP) is 3.74. The van der Waals surface area contributed by atoms with Crippen LogP contribution in [-0.2, 0) is 6.54 Å². The summed E-state index contributed by atoms with van der Waals surface area (Å²) in [6, 6.07) is 5.36. The van der Waals surface area contributed by atoms with Gasteiger partial charge in [-0.15, -0.1) is 0 Å². The minimum Gasteiger partial charge on any atom is -0.423 e. The molecule has 0 spiro atoms. The summed E-state index contributed by atoms with van der Waals surface area (Å²) >= 11 is 6.21. The molecule has 3 rings (SSSR count). The van der Waals surface area contributed by atoms with Crippen molar-refractivity contribution in [3.8, 4) is 0 Å². The van der Waals surface area contributed by atoms with Gasteiger partial charge in [0.05, 0.1) is 0 Å². The lowest BCUT2D eigenvalue weighted by atomic mass is 10.1. The molecule has 0 amide bonds. The van der Waals surface area contributed by atoms with E-state index in [9.17, 15) is 4.79 Å². The summed E-state index contributed by atoms with van der Waals surface area (Å²) in [5.74, 6) is 0.